The van der Waals surface area contributed by atoms with Crippen molar-refractivity contribution in [2.24, 2.45) is 5.41 Å². The van der Waals surface area contributed by atoms with Crippen LogP contribution in [-0.2, 0) is 6.54 Å². The van der Waals surface area contributed by atoms with E-state index in [2.05, 4.69) is 15.3 Å². The van der Waals surface area contributed by atoms with Gasteiger partial charge in [-0.1, -0.05) is 25.4 Å². The predicted molar refractivity (Wildman–Crippen MR) is 79.9 cm³/mol. The van der Waals surface area contributed by atoms with Crippen LogP contribution in [0.15, 0.2) is 23.0 Å². The van der Waals surface area contributed by atoms with Gasteiger partial charge in [-0.2, -0.15) is 0 Å². The van der Waals surface area contributed by atoms with Crippen LogP contribution in [0.25, 0.3) is 10.9 Å². The Morgan fingerprint density at radius 1 is 1.45 bits per heavy atom. The highest BCUT2D eigenvalue weighted by Gasteiger charge is 2.15. The minimum atomic E-state index is -0.208. The van der Waals surface area contributed by atoms with Crippen LogP contribution in [0.3, 0.4) is 0 Å². The third-order valence-electron chi connectivity index (χ3n) is 3.04. The molecule has 0 fully saturated rings. The van der Waals surface area contributed by atoms with Crippen LogP contribution in [0.4, 0.5) is 0 Å². The largest absolute Gasteiger partial charge is 0.396 e. The van der Waals surface area contributed by atoms with Gasteiger partial charge in [-0.15, -0.1) is 0 Å². The van der Waals surface area contributed by atoms with Gasteiger partial charge in [0.15, 0.2) is 0 Å². The van der Waals surface area contributed by atoms with E-state index in [-0.39, 0.29) is 17.6 Å². The molecule has 0 aliphatic heterocycles. The third-order valence-corrected chi connectivity index (χ3v) is 3.28. The van der Waals surface area contributed by atoms with Crippen LogP contribution >= 0.6 is 11.6 Å². The van der Waals surface area contributed by atoms with Gasteiger partial charge in [-0.3, -0.25) is 4.79 Å². The van der Waals surface area contributed by atoms with Crippen molar-refractivity contribution in [3.05, 3.63) is 39.4 Å². The van der Waals surface area contributed by atoms with Crippen molar-refractivity contribution in [1.82, 2.24) is 15.3 Å². The Balaban J connectivity index is 2.17. The van der Waals surface area contributed by atoms with Crippen molar-refractivity contribution in [3.63, 3.8) is 0 Å². The van der Waals surface area contributed by atoms with Gasteiger partial charge in [0.05, 0.1) is 17.4 Å². The third kappa shape index (κ3) is 3.56. The molecule has 0 spiro atoms. The fraction of sp³-hybridized carbons (Fsp3) is 0.429. The molecule has 0 unspecified atom stereocenters. The van der Waals surface area contributed by atoms with Crippen LogP contribution in [0.1, 0.15) is 19.7 Å². The molecule has 1 heterocycles. The topological polar surface area (TPSA) is 78.0 Å². The molecular weight excluding hydrogens is 278 g/mol. The molecule has 108 valence electrons. The summed E-state index contributed by atoms with van der Waals surface area (Å²) in [4.78, 5) is 19.0. The number of fused-ring (bicyclic) bond motifs is 1. The number of rotatable bonds is 5. The van der Waals surface area contributed by atoms with Crippen LogP contribution in [0.5, 0.6) is 0 Å². The number of halogens is 1. The molecule has 5 nitrogen and oxygen atoms in total. The molecule has 0 atom stereocenters. The zero-order chi connectivity index (χ0) is 14.8. The molecule has 0 amide bonds. The first kappa shape index (κ1) is 15.0. The average molecular weight is 296 g/mol. The summed E-state index contributed by atoms with van der Waals surface area (Å²) < 4.78 is 0. The summed E-state index contributed by atoms with van der Waals surface area (Å²) in [5, 5.41) is 13.4. The van der Waals surface area contributed by atoms with Gasteiger partial charge in [0.1, 0.15) is 5.82 Å². The van der Waals surface area contributed by atoms with E-state index in [9.17, 15) is 9.90 Å². The molecule has 1 aromatic carbocycles. The number of hydrogen-bond donors (Lipinski definition) is 3. The monoisotopic (exact) mass is 295 g/mol. The first-order chi connectivity index (χ1) is 9.41. The van der Waals surface area contributed by atoms with Crippen molar-refractivity contribution in [2.45, 2.75) is 20.4 Å². The van der Waals surface area contributed by atoms with Crippen molar-refractivity contribution >= 4 is 22.5 Å². The molecule has 2 rings (SSSR count). The summed E-state index contributed by atoms with van der Waals surface area (Å²) in [6.45, 7) is 5.06. The van der Waals surface area contributed by atoms with Gasteiger partial charge in [0.2, 0.25) is 0 Å². The maximum Gasteiger partial charge on any atom is 0.258 e. The molecule has 0 saturated carbocycles. The molecule has 1 aromatic heterocycles. The Bertz CT molecular complexity index is 667. The minimum absolute atomic E-state index is 0.0945. The summed E-state index contributed by atoms with van der Waals surface area (Å²) in [5.41, 5.74) is 0.199. The number of nitrogens with zero attached hydrogens (tertiary/aromatic N) is 1. The number of hydrogen-bond acceptors (Lipinski definition) is 4. The van der Waals surface area contributed by atoms with Crippen molar-refractivity contribution in [2.75, 3.05) is 13.2 Å². The quantitative estimate of drug-likeness (QED) is 0.784. The lowest BCUT2D eigenvalue weighted by Crippen LogP contribution is -2.32. The van der Waals surface area contributed by atoms with E-state index < -0.39 is 0 Å². The number of nitrogens with one attached hydrogen (secondary N) is 2. The summed E-state index contributed by atoms with van der Waals surface area (Å²) in [7, 11) is 0. The second kappa shape index (κ2) is 5.91. The van der Waals surface area contributed by atoms with Gasteiger partial charge < -0.3 is 15.4 Å². The van der Waals surface area contributed by atoms with E-state index in [0.29, 0.717) is 34.8 Å². The summed E-state index contributed by atoms with van der Waals surface area (Å²) in [6, 6.07) is 5.01. The maximum atomic E-state index is 11.9. The van der Waals surface area contributed by atoms with E-state index >= 15 is 0 Å². The van der Waals surface area contributed by atoms with Crippen LogP contribution in [-0.4, -0.2) is 28.2 Å². The lowest BCUT2D eigenvalue weighted by atomic mass is 9.95. The second-order valence-corrected chi connectivity index (χ2v) is 6.04. The lowest BCUT2D eigenvalue weighted by molar-refractivity contribution is 0.156. The number of aromatic nitrogens is 2. The summed E-state index contributed by atoms with van der Waals surface area (Å²) >= 11 is 5.91. The molecule has 0 saturated heterocycles. The van der Waals surface area contributed by atoms with E-state index in [1.807, 2.05) is 13.8 Å². The average Bonchev–Trinajstić information content (AvgIpc) is 2.38. The fourth-order valence-electron chi connectivity index (χ4n) is 1.82. The predicted octanol–water partition coefficient (Wildman–Crippen LogP) is 1.68. The molecule has 20 heavy (non-hydrogen) atoms. The zero-order valence-electron chi connectivity index (χ0n) is 11.5. The Kier molecular flexibility index (Phi) is 4.42. The molecule has 6 heteroatoms. The summed E-state index contributed by atoms with van der Waals surface area (Å²) in [6.07, 6.45) is 0. The highest BCUT2D eigenvalue weighted by molar-refractivity contribution is 6.31. The maximum absolute atomic E-state index is 11.9. The molecule has 2 aromatic rings. The fourth-order valence-corrected chi connectivity index (χ4v) is 1.99. The number of aromatic amines is 1. The van der Waals surface area contributed by atoms with E-state index in [1.165, 1.54) is 0 Å². The van der Waals surface area contributed by atoms with E-state index in [0.717, 1.165) is 0 Å². The Hall–Kier alpha value is -1.43. The van der Waals surface area contributed by atoms with Crippen molar-refractivity contribution in [1.29, 1.82) is 0 Å². The summed E-state index contributed by atoms with van der Waals surface area (Å²) in [5.74, 6) is 0.554. The Labute approximate surface area is 122 Å². The number of aliphatic hydroxyl groups is 1. The van der Waals surface area contributed by atoms with Crippen LogP contribution < -0.4 is 10.9 Å². The smallest absolute Gasteiger partial charge is 0.258 e. The van der Waals surface area contributed by atoms with Crippen molar-refractivity contribution < 1.29 is 5.11 Å². The van der Waals surface area contributed by atoms with E-state index in [4.69, 9.17) is 11.6 Å². The molecule has 0 aliphatic carbocycles. The first-order valence-corrected chi connectivity index (χ1v) is 6.79. The SMILES string of the molecule is CC(C)(CO)CNCc1nc2cc(Cl)ccc2c(=O)[nH]1. The van der Waals surface area contributed by atoms with Gasteiger partial charge in [0, 0.05) is 23.6 Å². The molecule has 3 N–H and O–H groups in total. The van der Waals surface area contributed by atoms with Gasteiger partial charge in [0.25, 0.3) is 5.56 Å². The molecule has 0 bridgehead atoms. The van der Waals surface area contributed by atoms with Crippen LogP contribution in [0, 0.1) is 5.41 Å². The normalized spacial score (nSPS) is 12.0. The minimum Gasteiger partial charge on any atom is -0.396 e. The number of benzene rings is 1. The zero-order valence-corrected chi connectivity index (χ0v) is 12.3. The van der Waals surface area contributed by atoms with Crippen molar-refractivity contribution in [3.8, 4) is 0 Å². The van der Waals surface area contributed by atoms with Gasteiger partial charge in [-0.25, -0.2) is 4.98 Å². The second-order valence-electron chi connectivity index (χ2n) is 5.60. The highest BCUT2D eigenvalue weighted by Crippen LogP contribution is 2.15. The first-order valence-electron chi connectivity index (χ1n) is 6.41. The standard InChI is InChI=1S/C14H18ClN3O2/c1-14(2,8-19)7-16-6-12-17-11-5-9(15)3-4-10(11)13(20)18-12/h3-5,16,19H,6-8H2,1-2H3,(H,17,18,20). The molecule has 0 radical (unpaired) electrons. The highest BCUT2D eigenvalue weighted by atomic mass is 35.5. The van der Waals surface area contributed by atoms with Crippen LogP contribution in [0.2, 0.25) is 5.02 Å². The Morgan fingerprint density at radius 3 is 2.90 bits per heavy atom. The number of aliphatic hydroxyl groups excluding tert-OH is 1. The van der Waals surface area contributed by atoms with E-state index in [1.54, 1.807) is 18.2 Å². The molecule has 0 aliphatic rings. The number of H-pyrrole nitrogens is 1. The van der Waals surface area contributed by atoms with Gasteiger partial charge in [-0.05, 0) is 18.2 Å². The van der Waals surface area contributed by atoms with Gasteiger partial charge >= 0.3 is 0 Å². The Morgan fingerprint density at radius 2 is 2.20 bits per heavy atom. The lowest BCUT2D eigenvalue weighted by Gasteiger charge is -2.21. The molecular formula is C14H18ClN3O2.